The van der Waals surface area contributed by atoms with Crippen molar-refractivity contribution in [3.8, 4) is 11.5 Å². The number of phosphoric ester groups is 1. The van der Waals surface area contributed by atoms with Gasteiger partial charge in [0, 0.05) is 0 Å². The van der Waals surface area contributed by atoms with E-state index in [1.807, 2.05) is 36.4 Å². The first-order valence-electron chi connectivity index (χ1n) is 10.1. The smallest absolute Gasteiger partial charge is 0.390 e. The summed E-state index contributed by atoms with van der Waals surface area (Å²) < 4.78 is 31.4. The molecule has 4 nitrogen and oxygen atoms in total. The molecule has 0 spiro atoms. The van der Waals surface area contributed by atoms with Crippen LogP contribution in [0.5, 0.6) is 11.5 Å². The maximum absolute atomic E-state index is 13.8. The molecule has 0 saturated heterocycles. The monoisotopic (exact) mass is 410 g/mol. The molecule has 4 rings (SSSR count). The third-order valence-corrected chi connectivity index (χ3v) is 7.07. The first-order chi connectivity index (χ1) is 13.9. The Morgan fingerprint density at radius 1 is 0.931 bits per heavy atom. The Hall–Kier alpha value is -2.45. The SMILES string of the molecule is CC(C)=C[C@@]12C(OP(=O)(Oc3ccccc3)Oc3ccccc3)=C[C@@H]1CC[C@@H]2C. The highest BCUT2D eigenvalue weighted by atomic mass is 31.2. The average molecular weight is 410 g/mol. The molecular formula is C24H27O4P. The van der Waals surface area contributed by atoms with E-state index in [9.17, 15) is 4.57 Å². The average Bonchev–Trinajstić information content (AvgIpc) is 2.92. The summed E-state index contributed by atoms with van der Waals surface area (Å²) >= 11 is 0. The molecule has 0 heterocycles. The summed E-state index contributed by atoms with van der Waals surface area (Å²) in [6.45, 7) is 6.41. The lowest BCUT2D eigenvalue weighted by atomic mass is 9.63. The van der Waals surface area contributed by atoms with Crippen LogP contribution in [0.4, 0.5) is 0 Å². The molecular weight excluding hydrogens is 383 g/mol. The van der Waals surface area contributed by atoms with Crippen molar-refractivity contribution in [1.82, 2.24) is 0 Å². The van der Waals surface area contributed by atoms with E-state index in [1.165, 1.54) is 5.57 Å². The molecule has 2 aromatic carbocycles. The molecule has 1 fully saturated rings. The van der Waals surface area contributed by atoms with E-state index in [0.29, 0.717) is 29.1 Å². The van der Waals surface area contributed by atoms with Gasteiger partial charge in [0.05, 0.1) is 5.41 Å². The molecule has 2 aliphatic rings. The lowest BCUT2D eigenvalue weighted by Crippen LogP contribution is -2.39. The first-order valence-corrected chi connectivity index (χ1v) is 11.5. The Balaban J connectivity index is 1.66. The highest BCUT2D eigenvalue weighted by molar-refractivity contribution is 7.49. The lowest BCUT2D eigenvalue weighted by Gasteiger charge is -2.45. The minimum Gasteiger partial charge on any atom is -0.390 e. The van der Waals surface area contributed by atoms with E-state index >= 15 is 0 Å². The zero-order valence-electron chi connectivity index (χ0n) is 17.1. The normalized spacial score (nSPS) is 25.3. The summed E-state index contributed by atoms with van der Waals surface area (Å²) in [5.74, 6) is 2.40. The van der Waals surface area contributed by atoms with Crippen molar-refractivity contribution in [2.24, 2.45) is 17.3 Å². The van der Waals surface area contributed by atoms with Crippen molar-refractivity contribution in [2.75, 3.05) is 0 Å². The second kappa shape index (κ2) is 7.76. The van der Waals surface area contributed by atoms with Gasteiger partial charge in [-0.25, -0.2) is 0 Å². The van der Waals surface area contributed by atoms with Crippen LogP contribution in [0.25, 0.3) is 0 Å². The molecule has 0 amide bonds. The van der Waals surface area contributed by atoms with Crippen LogP contribution in [-0.2, 0) is 9.09 Å². The van der Waals surface area contributed by atoms with E-state index in [0.717, 1.165) is 12.8 Å². The van der Waals surface area contributed by atoms with E-state index in [4.69, 9.17) is 13.6 Å². The van der Waals surface area contributed by atoms with Crippen LogP contribution in [0.15, 0.2) is 84.1 Å². The van der Waals surface area contributed by atoms with Crippen molar-refractivity contribution < 1.29 is 18.1 Å². The topological polar surface area (TPSA) is 44.8 Å². The summed E-state index contributed by atoms with van der Waals surface area (Å²) in [7, 11) is -3.94. The molecule has 5 heteroatoms. The van der Waals surface area contributed by atoms with E-state index in [-0.39, 0.29) is 5.41 Å². The van der Waals surface area contributed by atoms with Crippen LogP contribution in [0, 0.1) is 17.3 Å². The highest BCUT2D eigenvalue weighted by Crippen LogP contribution is 2.65. The number of hydrogen-bond donors (Lipinski definition) is 0. The molecule has 0 unspecified atom stereocenters. The largest absolute Gasteiger partial charge is 0.646 e. The molecule has 0 bridgehead atoms. The fourth-order valence-electron chi connectivity index (χ4n) is 4.46. The standard InChI is InChI=1S/C24H27O4P/c1-18(2)17-24-19(3)14-15-20(24)16-23(24)28-29(25,26-21-10-6-4-7-11-21)27-22-12-8-5-9-13-22/h4-13,16-17,19-20H,14-15H2,1-3H3/t19-,20-,24-/m0/s1. The van der Waals surface area contributed by atoms with E-state index in [1.54, 1.807) is 24.3 Å². The maximum Gasteiger partial charge on any atom is 0.646 e. The minimum absolute atomic E-state index is 0.228. The second-order valence-electron chi connectivity index (χ2n) is 8.12. The van der Waals surface area contributed by atoms with Gasteiger partial charge in [-0.1, -0.05) is 55.0 Å². The molecule has 1 saturated carbocycles. The zero-order valence-corrected chi connectivity index (χ0v) is 18.0. The van der Waals surface area contributed by atoms with Crippen LogP contribution in [0.3, 0.4) is 0 Å². The molecule has 0 radical (unpaired) electrons. The Bertz CT molecular complexity index is 917. The van der Waals surface area contributed by atoms with Crippen LogP contribution >= 0.6 is 7.82 Å². The Morgan fingerprint density at radius 2 is 1.48 bits per heavy atom. The summed E-state index contributed by atoms with van der Waals surface area (Å²) in [6.07, 6.45) is 6.57. The molecule has 3 atom stereocenters. The predicted octanol–water partition coefficient (Wildman–Crippen LogP) is 7.17. The van der Waals surface area contributed by atoms with E-state index in [2.05, 4.69) is 32.9 Å². The molecule has 2 aromatic rings. The Morgan fingerprint density at radius 3 is 1.97 bits per heavy atom. The highest BCUT2D eigenvalue weighted by Gasteiger charge is 2.58. The van der Waals surface area contributed by atoms with Crippen molar-refractivity contribution in [1.29, 1.82) is 0 Å². The third-order valence-electron chi connectivity index (χ3n) is 5.78. The Labute approximate surface area is 172 Å². The molecule has 29 heavy (non-hydrogen) atoms. The number of benzene rings is 2. The molecule has 2 aliphatic carbocycles. The molecule has 0 aromatic heterocycles. The van der Waals surface area contributed by atoms with Crippen molar-refractivity contribution in [3.63, 3.8) is 0 Å². The van der Waals surface area contributed by atoms with Gasteiger partial charge in [-0.15, -0.1) is 0 Å². The predicted molar refractivity (Wildman–Crippen MR) is 115 cm³/mol. The van der Waals surface area contributed by atoms with Crippen LogP contribution < -0.4 is 9.05 Å². The van der Waals surface area contributed by atoms with Gasteiger partial charge in [-0.05, 0) is 68.9 Å². The number of allylic oxidation sites excluding steroid dienone is 3. The number of para-hydroxylation sites is 2. The van der Waals surface area contributed by atoms with Gasteiger partial charge >= 0.3 is 7.82 Å². The van der Waals surface area contributed by atoms with Gasteiger partial charge < -0.3 is 13.6 Å². The number of hydrogen-bond acceptors (Lipinski definition) is 4. The fraction of sp³-hybridized carbons (Fsp3) is 0.333. The molecule has 0 N–H and O–H groups in total. The molecule has 0 aliphatic heterocycles. The van der Waals surface area contributed by atoms with Gasteiger partial charge in [-0.2, -0.15) is 4.57 Å². The summed E-state index contributed by atoms with van der Waals surface area (Å²) in [4.78, 5) is 0. The zero-order chi connectivity index (χ0) is 20.5. The van der Waals surface area contributed by atoms with Gasteiger partial charge in [0.2, 0.25) is 0 Å². The van der Waals surface area contributed by atoms with Gasteiger partial charge in [0.25, 0.3) is 0 Å². The van der Waals surface area contributed by atoms with Crippen LogP contribution in [0.1, 0.15) is 33.6 Å². The fourth-order valence-corrected chi connectivity index (χ4v) is 5.79. The van der Waals surface area contributed by atoms with Gasteiger partial charge in [0.1, 0.15) is 17.3 Å². The summed E-state index contributed by atoms with van der Waals surface area (Å²) in [6, 6.07) is 18.0. The van der Waals surface area contributed by atoms with Crippen molar-refractivity contribution in [2.45, 2.75) is 33.6 Å². The minimum atomic E-state index is -3.94. The van der Waals surface area contributed by atoms with E-state index < -0.39 is 7.82 Å². The second-order valence-corrected chi connectivity index (χ2v) is 9.56. The van der Waals surface area contributed by atoms with Gasteiger partial charge in [-0.3, -0.25) is 0 Å². The summed E-state index contributed by atoms with van der Waals surface area (Å²) in [5, 5.41) is 0. The van der Waals surface area contributed by atoms with Crippen molar-refractivity contribution >= 4 is 7.82 Å². The third kappa shape index (κ3) is 3.86. The quantitative estimate of drug-likeness (QED) is 0.359. The van der Waals surface area contributed by atoms with Crippen molar-refractivity contribution in [3.05, 3.63) is 84.1 Å². The van der Waals surface area contributed by atoms with Crippen LogP contribution in [-0.4, -0.2) is 0 Å². The Kier molecular flexibility index (Phi) is 5.31. The lowest BCUT2D eigenvalue weighted by molar-refractivity contribution is 0.135. The van der Waals surface area contributed by atoms with Gasteiger partial charge in [0.15, 0.2) is 0 Å². The number of phosphoric acid groups is 1. The van der Waals surface area contributed by atoms with Crippen LogP contribution in [0.2, 0.25) is 0 Å². The summed E-state index contributed by atoms with van der Waals surface area (Å²) in [5.41, 5.74) is 0.995. The molecule has 152 valence electrons. The first kappa shape index (κ1) is 19.8. The number of fused-ring (bicyclic) bond motifs is 1. The number of rotatable bonds is 7. The maximum atomic E-state index is 13.8.